The summed E-state index contributed by atoms with van der Waals surface area (Å²) in [6, 6.07) is 0. The number of rotatable bonds is 1. The highest BCUT2D eigenvalue weighted by Crippen LogP contribution is 2.77. The van der Waals surface area contributed by atoms with Gasteiger partial charge in [-0.05, 0) is 18.6 Å². The maximum Gasteiger partial charge on any atom is 0.196 e. The molecule has 2 aliphatic heterocycles. The lowest BCUT2D eigenvalue weighted by molar-refractivity contribution is -0.203. The number of allylic oxidation sites excluding steroid dienone is 1. The third kappa shape index (κ3) is 0.923. The van der Waals surface area contributed by atoms with Crippen molar-refractivity contribution in [2.45, 2.75) is 57.2 Å². The van der Waals surface area contributed by atoms with Crippen LogP contribution >= 0.6 is 0 Å². The number of aliphatic hydroxyl groups excluding tert-OH is 2. The van der Waals surface area contributed by atoms with Gasteiger partial charge in [-0.1, -0.05) is 13.8 Å². The van der Waals surface area contributed by atoms with E-state index in [0.29, 0.717) is 12.0 Å². The van der Waals surface area contributed by atoms with Gasteiger partial charge in [0.2, 0.25) is 0 Å². The monoisotopic (exact) mass is 280 g/mol. The molecule has 2 heterocycles. The van der Waals surface area contributed by atoms with Crippen LogP contribution in [0.25, 0.3) is 0 Å². The SMILES string of the molecule is CC1=C[C@]23O[C@@H]4C[C@@H](O)[C@](C)([C@@]2(C)CC1=O)[C@]4(CO)O3. The summed E-state index contributed by atoms with van der Waals surface area (Å²) in [5.41, 5.74) is -1.63. The van der Waals surface area contributed by atoms with E-state index in [1.54, 1.807) is 13.0 Å². The molecule has 3 fully saturated rings. The van der Waals surface area contributed by atoms with E-state index >= 15 is 0 Å². The van der Waals surface area contributed by atoms with Gasteiger partial charge in [-0.2, -0.15) is 0 Å². The standard InChI is InChI=1S/C15H20O5/c1-8-5-15-12(2,6-9(8)17)13(3)10(18)4-11(19-15)14(13,7-16)20-15/h5,10-11,16,18H,4,6-7H2,1-3H3/t10-,11-,12-,13-,14-,15-/m1/s1. The third-order valence-corrected chi connectivity index (χ3v) is 6.66. The molecule has 5 heteroatoms. The summed E-state index contributed by atoms with van der Waals surface area (Å²) in [6.07, 6.45) is 1.51. The minimum absolute atomic E-state index is 0.0582. The fraction of sp³-hybridized carbons (Fsp3) is 0.800. The summed E-state index contributed by atoms with van der Waals surface area (Å²) in [5.74, 6) is -0.937. The number of carbonyl (C=O) groups is 1. The average Bonchev–Trinajstić information content (AvgIpc) is 2.84. The molecule has 2 aliphatic carbocycles. The number of ether oxygens (including phenoxy) is 2. The van der Waals surface area contributed by atoms with Crippen LogP contribution < -0.4 is 0 Å². The number of Topliss-reactive ketones (excluding diaryl/α,β-unsaturated/α-hetero) is 1. The predicted octanol–water partition coefficient (Wildman–Crippen LogP) is 0.539. The Kier molecular flexibility index (Phi) is 2.07. The zero-order valence-electron chi connectivity index (χ0n) is 12.0. The molecule has 4 aliphatic rings. The van der Waals surface area contributed by atoms with Gasteiger partial charge in [0.25, 0.3) is 0 Å². The quantitative estimate of drug-likeness (QED) is 0.733. The van der Waals surface area contributed by atoms with Gasteiger partial charge in [0.1, 0.15) is 5.60 Å². The lowest BCUT2D eigenvalue weighted by atomic mass is 9.52. The first kappa shape index (κ1) is 13.0. The lowest BCUT2D eigenvalue weighted by Gasteiger charge is -2.53. The molecule has 0 aromatic rings. The van der Waals surface area contributed by atoms with Crippen molar-refractivity contribution in [1.29, 1.82) is 0 Å². The van der Waals surface area contributed by atoms with Gasteiger partial charge in [-0.15, -0.1) is 0 Å². The fourth-order valence-electron chi connectivity index (χ4n) is 5.16. The van der Waals surface area contributed by atoms with E-state index in [-0.39, 0.29) is 24.9 Å². The topological polar surface area (TPSA) is 76.0 Å². The van der Waals surface area contributed by atoms with Crippen LogP contribution in [0.5, 0.6) is 0 Å². The van der Waals surface area contributed by atoms with E-state index in [4.69, 9.17) is 9.47 Å². The maximum atomic E-state index is 12.2. The molecule has 0 aromatic heterocycles. The molecule has 2 bridgehead atoms. The number of hydrogen-bond donors (Lipinski definition) is 2. The lowest BCUT2D eigenvalue weighted by Crippen LogP contribution is -2.63. The van der Waals surface area contributed by atoms with E-state index in [9.17, 15) is 15.0 Å². The van der Waals surface area contributed by atoms with Crippen molar-refractivity contribution in [3.05, 3.63) is 11.6 Å². The van der Waals surface area contributed by atoms with Gasteiger partial charge in [0.15, 0.2) is 11.6 Å². The molecule has 0 unspecified atom stereocenters. The van der Waals surface area contributed by atoms with Crippen molar-refractivity contribution in [3.63, 3.8) is 0 Å². The summed E-state index contributed by atoms with van der Waals surface area (Å²) in [7, 11) is 0. The highest BCUT2D eigenvalue weighted by molar-refractivity contribution is 5.97. The number of fused-ring (bicyclic) bond motifs is 1. The molecular formula is C15H20O5. The Balaban J connectivity index is 2.01. The molecule has 1 saturated carbocycles. The molecular weight excluding hydrogens is 260 g/mol. The molecule has 5 nitrogen and oxygen atoms in total. The highest BCUT2D eigenvalue weighted by atomic mass is 16.8. The smallest absolute Gasteiger partial charge is 0.196 e. The zero-order valence-corrected chi connectivity index (χ0v) is 12.0. The van der Waals surface area contributed by atoms with Gasteiger partial charge in [-0.25, -0.2) is 0 Å². The van der Waals surface area contributed by atoms with Crippen LogP contribution in [-0.4, -0.2) is 46.2 Å². The highest BCUT2D eigenvalue weighted by Gasteiger charge is 2.87. The van der Waals surface area contributed by atoms with Crippen molar-refractivity contribution >= 4 is 5.78 Å². The van der Waals surface area contributed by atoms with E-state index in [2.05, 4.69) is 0 Å². The first-order valence-corrected chi connectivity index (χ1v) is 7.16. The van der Waals surface area contributed by atoms with Crippen LogP contribution in [0, 0.1) is 10.8 Å². The third-order valence-electron chi connectivity index (χ3n) is 6.66. The van der Waals surface area contributed by atoms with Crippen LogP contribution in [0.2, 0.25) is 0 Å². The van der Waals surface area contributed by atoms with E-state index < -0.39 is 28.3 Å². The predicted molar refractivity (Wildman–Crippen MR) is 68.7 cm³/mol. The molecule has 6 atom stereocenters. The van der Waals surface area contributed by atoms with E-state index in [1.807, 2.05) is 13.8 Å². The summed E-state index contributed by atoms with van der Waals surface area (Å²) in [6.45, 7) is 5.43. The van der Waals surface area contributed by atoms with Crippen LogP contribution in [0.15, 0.2) is 11.6 Å². The van der Waals surface area contributed by atoms with Crippen LogP contribution in [0.1, 0.15) is 33.6 Å². The molecule has 0 radical (unpaired) electrons. The Morgan fingerprint density at radius 2 is 2.15 bits per heavy atom. The Hall–Kier alpha value is -0.750. The number of ketones is 1. The Morgan fingerprint density at radius 1 is 1.45 bits per heavy atom. The molecule has 0 aromatic carbocycles. The Bertz CT molecular complexity index is 556. The average molecular weight is 280 g/mol. The van der Waals surface area contributed by atoms with Crippen molar-refractivity contribution in [2.24, 2.45) is 10.8 Å². The first-order valence-electron chi connectivity index (χ1n) is 7.16. The van der Waals surface area contributed by atoms with Crippen molar-refractivity contribution in [2.75, 3.05) is 6.61 Å². The normalized spacial score (nSPS) is 59.9. The molecule has 110 valence electrons. The number of aliphatic hydroxyl groups is 2. The van der Waals surface area contributed by atoms with Gasteiger partial charge in [0.05, 0.1) is 18.8 Å². The molecule has 0 amide bonds. The van der Waals surface area contributed by atoms with Gasteiger partial charge < -0.3 is 19.7 Å². The van der Waals surface area contributed by atoms with Gasteiger partial charge >= 0.3 is 0 Å². The van der Waals surface area contributed by atoms with Gasteiger partial charge in [-0.3, -0.25) is 4.79 Å². The van der Waals surface area contributed by atoms with Crippen LogP contribution in [-0.2, 0) is 14.3 Å². The molecule has 4 rings (SSSR count). The molecule has 2 saturated heterocycles. The second-order valence-corrected chi connectivity index (χ2v) is 7.14. The molecule has 1 spiro atoms. The minimum Gasteiger partial charge on any atom is -0.393 e. The van der Waals surface area contributed by atoms with Crippen molar-refractivity contribution in [1.82, 2.24) is 0 Å². The van der Waals surface area contributed by atoms with Gasteiger partial charge in [0, 0.05) is 23.7 Å². The van der Waals surface area contributed by atoms with E-state index in [1.165, 1.54) is 0 Å². The van der Waals surface area contributed by atoms with Crippen LogP contribution in [0.4, 0.5) is 0 Å². The maximum absolute atomic E-state index is 12.2. The Morgan fingerprint density at radius 3 is 2.80 bits per heavy atom. The first-order chi connectivity index (χ1) is 9.26. The summed E-state index contributed by atoms with van der Waals surface area (Å²) in [5, 5.41) is 20.6. The second-order valence-electron chi connectivity index (χ2n) is 7.14. The second kappa shape index (κ2) is 3.19. The fourth-order valence-corrected chi connectivity index (χ4v) is 5.16. The minimum atomic E-state index is -0.995. The van der Waals surface area contributed by atoms with Crippen molar-refractivity contribution in [3.8, 4) is 0 Å². The largest absolute Gasteiger partial charge is 0.393 e. The summed E-state index contributed by atoms with van der Waals surface area (Å²) in [4.78, 5) is 12.2. The summed E-state index contributed by atoms with van der Waals surface area (Å²) < 4.78 is 12.3. The zero-order chi connectivity index (χ0) is 14.6. The summed E-state index contributed by atoms with van der Waals surface area (Å²) >= 11 is 0. The Labute approximate surface area is 117 Å². The number of hydrogen-bond acceptors (Lipinski definition) is 5. The van der Waals surface area contributed by atoms with Crippen LogP contribution in [0.3, 0.4) is 0 Å². The van der Waals surface area contributed by atoms with E-state index in [0.717, 1.165) is 0 Å². The molecule has 2 N–H and O–H groups in total. The van der Waals surface area contributed by atoms with Crippen molar-refractivity contribution < 1.29 is 24.5 Å². The number of carbonyl (C=O) groups excluding carboxylic acids is 1. The molecule has 20 heavy (non-hydrogen) atoms.